The van der Waals surface area contributed by atoms with E-state index < -0.39 is 6.10 Å². The Morgan fingerprint density at radius 3 is 2.96 bits per heavy atom. The zero-order valence-corrected chi connectivity index (χ0v) is 17.0. The van der Waals surface area contributed by atoms with Crippen molar-refractivity contribution in [3.8, 4) is 0 Å². The average molecular weight is 388 g/mol. The monoisotopic (exact) mass is 387 g/mol. The first-order valence-corrected chi connectivity index (χ1v) is 10.4. The smallest absolute Gasteiger partial charge is 0.191 e. The number of ether oxygens (including phenoxy) is 1. The fourth-order valence-corrected chi connectivity index (χ4v) is 3.17. The average Bonchev–Trinajstić information content (AvgIpc) is 3.45. The molecule has 3 rings (SSSR count). The van der Waals surface area contributed by atoms with Crippen LogP contribution in [0.5, 0.6) is 0 Å². The van der Waals surface area contributed by atoms with Crippen LogP contribution in [0, 0.1) is 12.8 Å². The fraction of sp³-hybridized carbons (Fsp3) is 0.619. The van der Waals surface area contributed by atoms with Crippen LogP contribution in [0.25, 0.3) is 11.0 Å². The Bertz CT molecular complexity index is 769. The van der Waals surface area contributed by atoms with E-state index in [1.54, 1.807) is 0 Å². The van der Waals surface area contributed by atoms with Crippen molar-refractivity contribution in [1.29, 1.82) is 0 Å². The molecule has 1 aromatic carbocycles. The molecule has 1 aromatic heterocycles. The molecule has 1 fully saturated rings. The van der Waals surface area contributed by atoms with Gasteiger partial charge in [-0.05, 0) is 51.2 Å². The van der Waals surface area contributed by atoms with Crippen LogP contribution in [0.3, 0.4) is 0 Å². The minimum absolute atomic E-state index is 0.339. The predicted molar refractivity (Wildman–Crippen MR) is 113 cm³/mol. The van der Waals surface area contributed by atoms with Gasteiger partial charge in [0.15, 0.2) is 5.96 Å². The van der Waals surface area contributed by atoms with E-state index in [2.05, 4.69) is 31.2 Å². The maximum Gasteiger partial charge on any atom is 0.191 e. The largest absolute Gasteiger partial charge is 0.389 e. The zero-order chi connectivity index (χ0) is 19.8. The first-order chi connectivity index (χ1) is 13.7. The van der Waals surface area contributed by atoms with E-state index in [-0.39, 0.29) is 0 Å². The zero-order valence-electron chi connectivity index (χ0n) is 17.0. The van der Waals surface area contributed by atoms with E-state index >= 15 is 0 Å². The third-order valence-electron chi connectivity index (χ3n) is 4.86. The van der Waals surface area contributed by atoms with Gasteiger partial charge in [-0.1, -0.05) is 12.1 Å². The van der Waals surface area contributed by atoms with Crippen molar-refractivity contribution >= 4 is 17.0 Å². The second-order valence-corrected chi connectivity index (χ2v) is 7.43. The molecule has 3 N–H and O–H groups in total. The van der Waals surface area contributed by atoms with Crippen molar-refractivity contribution in [2.75, 3.05) is 32.8 Å². The van der Waals surface area contributed by atoms with Gasteiger partial charge in [0.2, 0.25) is 0 Å². The number of hydrogen-bond donors (Lipinski definition) is 3. The van der Waals surface area contributed by atoms with E-state index in [0.717, 1.165) is 50.0 Å². The Kier molecular flexibility index (Phi) is 7.68. The number of aromatic nitrogens is 2. The van der Waals surface area contributed by atoms with Crippen molar-refractivity contribution in [3.05, 3.63) is 30.1 Å². The number of benzene rings is 1. The number of fused-ring (bicyclic) bond motifs is 1. The Labute approximate surface area is 167 Å². The molecule has 28 heavy (non-hydrogen) atoms. The summed E-state index contributed by atoms with van der Waals surface area (Å²) in [4.78, 5) is 9.09. The molecular formula is C21H33N5O2. The molecule has 154 valence electrons. The lowest BCUT2D eigenvalue weighted by atomic mass is 10.3. The van der Waals surface area contributed by atoms with Crippen molar-refractivity contribution in [3.63, 3.8) is 0 Å². The fourth-order valence-electron chi connectivity index (χ4n) is 3.17. The molecule has 0 amide bonds. The van der Waals surface area contributed by atoms with Crippen LogP contribution in [0.2, 0.25) is 0 Å². The van der Waals surface area contributed by atoms with E-state index in [1.807, 2.05) is 32.0 Å². The van der Waals surface area contributed by atoms with Crippen molar-refractivity contribution in [2.45, 2.75) is 45.8 Å². The first kappa shape index (κ1) is 20.6. The number of guanidine groups is 1. The third kappa shape index (κ3) is 6.21. The normalized spacial score (nSPS) is 15.8. The lowest BCUT2D eigenvalue weighted by Gasteiger charge is -2.14. The Hall–Kier alpha value is -2.12. The lowest BCUT2D eigenvalue weighted by Crippen LogP contribution is -2.39. The number of hydrogen-bond acceptors (Lipinski definition) is 4. The van der Waals surface area contributed by atoms with Gasteiger partial charge in [0.1, 0.15) is 5.82 Å². The Morgan fingerprint density at radius 2 is 2.18 bits per heavy atom. The SMILES string of the molecule is CCNC(=NCC(O)COCC1CC1)NCCCn1c(C)nc2ccccc21. The summed E-state index contributed by atoms with van der Waals surface area (Å²) < 4.78 is 7.78. The number of aliphatic hydroxyl groups is 1. The van der Waals surface area contributed by atoms with Crippen molar-refractivity contribution in [2.24, 2.45) is 10.9 Å². The van der Waals surface area contributed by atoms with Gasteiger partial charge in [-0.3, -0.25) is 4.99 Å². The minimum Gasteiger partial charge on any atom is -0.389 e. The number of nitrogens with one attached hydrogen (secondary N) is 2. The molecule has 0 radical (unpaired) electrons. The summed E-state index contributed by atoms with van der Waals surface area (Å²) in [6, 6.07) is 8.23. The topological polar surface area (TPSA) is 83.7 Å². The van der Waals surface area contributed by atoms with Gasteiger partial charge in [-0.2, -0.15) is 0 Å². The molecule has 7 heteroatoms. The van der Waals surface area contributed by atoms with Gasteiger partial charge in [0.25, 0.3) is 0 Å². The molecule has 0 aliphatic heterocycles. The van der Waals surface area contributed by atoms with Gasteiger partial charge in [-0.25, -0.2) is 4.98 Å². The van der Waals surface area contributed by atoms with Gasteiger partial charge < -0.3 is 25.0 Å². The highest BCUT2D eigenvalue weighted by atomic mass is 16.5. The maximum absolute atomic E-state index is 10.0. The molecule has 1 unspecified atom stereocenters. The molecule has 1 aliphatic rings. The number of aryl methyl sites for hydroxylation is 2. The lowest BCUT2D eigenvalue weighted by molar-refractivity contribution is 0.0368. The van der Waals surface area contributed by atoms with E-state index in [9.17, 15) is 5.11 Å². The molecule has 0 spiro atoms. The number of nitrogens with zero attached hydrogens (tertiary/aromatic N) is 3. The summed E-state index contributed by atoms with van der Waals surface area (Å²) >= 11 is 0. The highest BCUT2D eigenvalue weighted by Crippen LogP contribution is 2.28. The molecule has 2 aromatic rings. The van der Waals surface area contributed by atoms with Crippen LogP contribution in [-0.2, 0) is 11.3 Å². The molecule has 1 saturated carbocycles. The van der Waals surface area contributed by atoms with Gasteiger partial charge in [0, 0.05) is 26.2 Å². The first-order valence-electron chi connectivity index (χ1n) is 10.4. The second kappa shape index (κ2) is 10.4. The maximum atomic E-state index is 10.0. The predicted octanol–water partition coefficient (Wildman–Crippen LogP) is 2.08. The van der Waals surface area contributed by atoms with Crippen LogP contribution < -0.4 is 10.6 Å². The summed E-state index contributed by atoms with van der Waals surface area (Å²) in [6.45, 7) is 8.02. The molecular weight excluding hydrogens is 354 g/mol. The van der Waals surface area contributed by atoms with Crippen LogP contribution in [0.4, 0.5) is 0 Å². The van der Waals surface area contributed by atoms with Crippen molar-refractivity contribution in [1.82, 2.24) is 20.2 Å². The van der Waals surface area contributed by atoms with Gasteiger partial charge >= 0.3 is 0 Å². The molecule has 1 atom stereocenters. The quantitative estimate of drug-likeness (QED) is 0.312. The van der Waals surface area contributed by atoms with Crippen LogP contribution in [0.1, 0.15) is 32.0 Å². The molecule has 7 nitrogen and oxygen atoms in total. The number of para-hydroxylation sites is 2. The van der Waals surface area contributed by atoms with E-state index in [1.165, 1.54) is 18.4 Å². The molecule has 0 saturated heterocycles. The third-order valence-corrected chi connectivity index (χ3v) is 4.86. The van der Waals surface area contributed by atoms with E-state index in [0.29, 0.717) is 19.1 Å². The number of aliphatic hydroxyl groups excluding tert-OH is 1. The summed E-state index contributed by atoms with van der Waals surface area (Å²) in [6.07, 6.45) is 2.92. The summed E-state index contributed by atoms with van der Waals surface area (Å²) in [7, 11) is 0. The van der Waals surface area contributed by atoms with Gasteiger partial charge in [0.05, 0.1) is 30.3 Å². The summed E-state index contributed by atoms with van der Waals surface area (Å²) in [5.41, 5.74) is 2.22. The summed E-state index contributed by atoms with van der Waals surface area (Å²) in [5.74, 6) is 2.48. The molecule has 0 bridgehead atoms. The van der Waals surface area contributed by atoms with Crippen LogP contribution in [-0.4, -0.2) is 59.6 Å². The van der Waals surface area contributed by atoms with Gasteiger partial charge in [-0.15, -0.1) is 0 Å². The van der Waals surface area contributed by atoms with Crippen LogP contribution in [0.15, 0.2) is 29.3 Å². The summed E-state index contributed by atoms with van der Waals surface area (Å²) in [5, 5.41) is 16.6. The number of aliphatic imine (C=N–C) groups is 1. The van der Waals surface area contributed by atoms with Crippen molar-refractivity contribution < 1.29 is 9.84 Å². The Balaban J connectivity index is 1.41. The Morgan fingerprint density at radius 1 is 1.36 bits per heavy atom. The standard InChI is InChI=1S/C21H33N5O2/c1-3-22-21(24-13-18(27)15-28-14-17-9-10-17)23-11-6-12-26-16(2)25-19-7-4-5-8-20(19)26/h4-5,7-8,17-18,27H,3,6,9-15H2,1-2H3,(H2,22,23,24). The highest BCUT2D eigenvalue weighted by molar-refractivity contribution is 5.79. The molecule has 1 aliphatic carbocycles. The number of rotatable bonds is 11. The minimum atomic E-state index is -0.561. The number of imidazole rings is 1. The second-order valence-electron chi connectivity index (χ2n) is 7.43. The molecule has 1 heterocycles. The van der Waals surface area contributed by atoms with E-state index in [4.69, 9.17) is 4.74 Å². The highest BCUT2D eigenvalue weighted by Gasteiger charge is 2.21. The van der Waals surface area contributed by atoms with Crippen LogP contribution >= 0.6 is 0 Å².